The van der Waals surface area contributed by atoms with Crippen LogP contribution in [0.2, 0.25) is 0 Å². The number of carbonyl (C=O) groups is 1. The van der Waals surface area contributed by atoms with Gasteiger partial charge < -0.3 is 10.0 Å². The Balaban J connectivity index is 2.24. The lowest BCUT2D eigenvalue weighted by molar-refractivity contribution is 0.0696. The van der Waals surface area contributed by atoms with Crippen molar-refractivity contribution < 1.29 is 18.3 Å². The van der Waals surface area contributed by atoms with Crippen molar-refractivity contribution in [1.82, 2.24) is 4.90 Å². The van der Waals surface area contributed by atoms with Crippen LogP contribution in [0.3, 0.4) is 0 Å². The topological polar surface area (TPSA) is 74.7 Å². The number of aromatic carboxylic acids is 1. The standard InChI is InChI=1S/C15H21NO4S/c1-2-12-5-6-13(15(17)18)11-14(12)21(19,20)10-9-16-7-3-4-8-16/h5-6,11H,2-4,7-10H2,1H3,(H,17,18). The molecule has 116 valence electrons. The van der Waals surface area contributed by atoms with Crippen LogP contribution in [0, 0.1) is 0 Å². The number of rotatable bonds is 6. The molecular weight excluding hydrogens is 290 g/mol. The molecule has 6 heteroatoms. The fraction of sp³-hybridized carbons (Fsp3) is 0.533. The Morgan fingerprint density at radius 1 is 1.29 bits per heavy atom. The molecule has 0 radical (unpaired) electrons. The Labute approximate surface area is 125 Å². The van der Waals surface area contributed by atoms with Crippen molar-refractivity contribution in [2.24, 2.45) is 0 Å². The number of hydrogen-bond donors (Lipinski definition) is 1. The van der Waals surface area contributed by atoms with Gasteiger partial charge in [0.05, 0.1) is 16.2 Å². The summed E-state index contributed by atoms with van der Waals surface area (Å²) >= 11 is 0. The maximum absolute atomic E-state index is 12.5. The Kier molecular flexibility index (Phi) is 5.00. The van der Waals surface area contributed by atoms with E-state index in [1.54, 1.807) is 6.07 Å². The Morgan fingerprint density at radius 2 is 1.95 bits per heavy atom. The highest BCUT2D eigenvalue weighted by Gasteiger charge is 2.22. The third-order valence-corrected chi connectivity index (χ3v) is 5.68. The fourth-order valence-corrected chi connectivity index (χ4v) is 4.27. The summed E-state index contributed by atoms with van der Waals surface area (Å²) in [4.78, 5) is 13.4. The zero-order chi connectivity index (χ0) is 15.5. The minimum Gasteiger partial charge on any atom is -0.478 e. The van der Waals surface area contributed by atoms with E-state index in [2.05, 4.69) is 4.90 Å². The number of aryl methyl sites for hydroxylation is 1. The molecule has 0 bridgehead atoms. The van der Waals surface area contributed by atoms with E-state index >= 15 is 0 Å². The summed E-state index contributed by atoms with van der Waals surface area (Å²) in [5.74, 6) is -1.06. The van der Waals surface area contributed by atoms with Gasteiger partial charge in [-0.3, -0.25) is 0 Å². The lowest BCUT2D eigenvalue weighted by Crippen LogP contribution is -2.27. The summed E-state index contributed by atoms with van der Waals surface area (Å²) in [5.41, 5.74) is 0.702. The maximum Gasteiger partial charge on any atom is 0.335 e. The van der Waals surface area contributed by atoms with Crippen molar-refractivity contribution >= 4 is 15.8 Å². The average molecular weight is 311 g/mol. The Bertz CT molecular complexity index is 619. The molecule has 1 aromatic carbocycles. The number of nitrogens with zero attached hydrogens (tertiary/aromatic N) is 1. The zero-order valence-corrected chi connectivity index (χ0v) is 13.0. The van der Waals surface area contributed by atoms with Gasteiger partial charge in [-0.15, -0.1) is 0 Å². The van der Waals surface area contributed by atoms with E-state index in [1.165, 1.54) is 12.1 Å². The minimum absolute atomic E-state index is 0.0203. The smallest absolute Gasteiger partial charge is 0.335 e. The van der Waals surface area contributed by atoms with Gasteiger partial charge in [0, 0.05) is 6.54 Å². The van der Waals surface area contributed by atoms with Crippen molar-refractivity contribution in [2.75, 3.05) is 25.4 Å². The first-order valence-corrected chi connectivity index (χ1v) is 8.90. The number of benzene rings is 1. The largest absolute Gasteiger partial charge is 0.478 e. The lowest BCUT2D eigenvalue weighted by Gasteiger charge is -2.16. The van der Waals surface area contributed by atoms with Gasteiger partial charge in [0.2, 0.25) is 0 Å². The summed E-state index contributed by atoms with van der Waals surface area (Å²) < 4.78 is 25.0. The molecule has 0 saturated carbocycles. The van der Waals surface area contributed by atoms with Crippen LogP contribution >= 0.6 is 0 Å². The van der Waals surface area contributed by atoms with Crippen LogP contribution in [0.25, 0.3) is 0 Å². The number of likely N-dealkylation sites (tertiary alicyclic amines) is 1. The monoisotopic (exact) mass is 311 g/mol. The summed E-state index contributed by atoms with van der Waals surface area (Å²) in [6, 6.07) is 4.35. The van der Waals surface area contributed by atoms with E-state index in [1.807, 2.05) is 6.92 Å². The molecule has 0 aromatic heterocycles. The second-order valence-corrected chi connectivity index (χ2v) is 7.43. The third-order valence-electron chi connectivity index (χ3n) is 3.91. The van der Waals surface area contributed by atoms with E-state index in [4.69, 9.17) is 5.11 Å². The maximum atomic E-state index is 12.5. The highest BCUT2D eigenvalue weighted by atomic mass is 32.2. The second kappa shape index (κ2) is 6.58. The van der Waals surface area contributed by atoms with Crippen LogP contribution in [0.5, 0.6) is 0 Å². The number of carboxylic acid groups (broad SMARTS) is 1. The Morgan fingerprint density at radius 3 is 2.52 bits per heavy atom. The first kappa shape index (κ1) is 16.0. The summed E-state index contributed by atoms with van der Waals surface area (Å²) in [7, 11) is -3.45. The molecule has 2 rings (SSSR count). The molecule has 21 heavy (non-hydrogen) atoms. The number of hydrogen-bond acceptors (Lipinski definition) is 4. The van der Waals surface area contributed by atoms with Gasteiger partial charge in [-0.25, -0.2) is 13.2 Å². The third kappa shape index (κ3) is 3.83. The van der Waals surface area contributed by atoms with E-state index < -0.39 is 15.8 Å². The van der Waals surface area contributed by atoms with Crippen molar-refractivity contribution in [3.63, 3.8) is 0 Å². The Hall–Kier alpha value is -1.40. The molecule has 0 amide bonds. The molecule has 0 atom stereocenters. The first-order valence-electron chi connectivity index (χ1n) is 7.25. The van der Waals surface area contributed by atoms with Crippen LogP contribution in [-0.4, -0.2) is 49.8 Å². The lowest BCUT2D eigenvalue weighted by atomic mass is 10.1. The average Bonchev–Trinajstić information content (AvgIpc) is 2.98. The molecule has 5 nitrogen and oxygen atoms in total. The molecule has 1 fully saturated rings. The van der Waals surface area contributed by atoms with Gasteiger partial charge in [0.25, 0.3) is 0 Å². The summed E-state index contributed by atoms with van der Waals surface area (Å²) in [6.07, 6.45) is 2.81. The van der Waals surface area contributed by atoms with Crippen molar-refractivity contribution in [3.05, 3.63) is 29.3 Å². The molecule has 0 unspecified atom stereocenters. The van der Waals surface area contributed by atoms with Gasteiger partial charge in [-0.05, 0) is 50.0 Å². The molecule has 1 heterocycles. The molecule has 1 aliphatic heterocycles. The SMILES string of the molecule is CCc1ccc(C(=O)O)cc1S(=O)(=O)CCN1CCCC1. The molecular formula is C15H21NO4S. The van der Waals surface area contributed by atoms with Gasteiger partial charge in [-0.2, -0.15) is 0 Å². The van der Waals surface area contributed by atoms with Gasteiger partial charge in [-0.1, -0.05) is 13.0 Å². The summed E-state index contributed by atoms with van der Waals surface area (Å²) in [6.45, 7) is 4.29. The first-order chi connectivity index (χ1) is 9.94. The van der Waals surface area contributed by atoms with E-state index in [0.29, 0.717) is 18.5 Å². The molecule has 0 aliphatic carbocycles. The quantitative estimate of drug-likeness (QED) is 0.867. The van der Waals surface area contributed by atoms with Gasteiger partial charge >= 0.3 is 5.97 Å². The fourth-order valence-electron chi connectivity index (χ4n) is 2.63. The molecule has 1 N–H and O–H groups in total. The van der Waals surface area contributed by atoms with E-state index in [-0.39, 0.29) is 16.2 Å². The number of carboxylic acids is 1. The van der Waals surface area contributed by atoms with Crippen molar-refractivity contribution in [2.45, 2.75) is 31.1 Å². The molecule has 1 aromatic rings. The van der Waals surface area contributed by atoms with Crippen LogP contribution < -0.4 is 0 Å². The normalized spacial score (nSPS) is 16.2. The van der Waals surface area contributed by atoms with Crippen LogP contribution in [0.15, 0.2) is 23.1 Å². The van der Waals surface area contributed by atoms with Gasteiger partial charge in [0.15, 0.2) is 9.84 Å². The van der Waals surface area contributed by atoms with Crippen LogP contribution in [0.1, 0.15) is 35.7 Å². The van der Waals surface area contributed by atoms with E-state index in [9.17, 15) is 13.2 Å². The van der Waals surface area contributed by atoms with E-state index in [0.717, 1.165) is 25.9 Å². The molecule has 1 aliphatic rings. The number of sulfone groups is 1. The van der Waals surface area contributed by atoms with Gasteiger partial charge in [0.1, 0.15) is 0 Å². The predicted molar refractivity (Wildman–Crippen MR) is 80.5 cm³/mol. The van der Waals surface area contributed by atoms with Crippen LogP contribution in [-0.2, 0) is 16.3 Å². The second-order valence-electron chi connectivity index (χ2n) is 5.35. The predicted octanol–water partition coefficient (Wildman–Crippen LogP) is 1.82. The highest BCUT2D eigenvalue weighted by molar-refractivity contribution is 7.91. The molecule has 1 saturated heterocycles. The molecule has 0 spiro atoms. The highest BCUT2D eigenvalue weighted by Crippen LogP contribution is 2.21. The van der Waals surface area contributed by atoms with Crippen molar-refractivity contribution in [1.29, 1.82) is 0 Å². The minimum atomic E-state index is -3.45. The zero-order valence-electron chi connectivity index (χ0n) is 12.2. The summed E-state index contributed by atoms with van der Waals surface area (Å²) in [5, 5.41) is 9.04. The van der Waals surface area contributed by atoms with Crippen LogP contribution in [0.4, 0.5) is 0 Å². The van der Waals surface area contributed by atoms with Crippen molar-refractivity contribution in [3.8, 4) is 0 Å².